The molecular formula is C18H15Cl2N3OS. The van der Waals surface area contributed by atoms with E-state index < -0.39 is 0 Å². The van der Waals surface area contributed by atoms with Crippen molar-refractivity contribution >= 4 is 45.4 Å². The van der Waals surface area contributed by atoms with Crippen LogP contribution in [-0.4, -0.2) is 22.4 Å². The Kier molecular flexibility index (Phi) is 5.68. The maximum absolute atomic E-state index is 12.7. The summed E-state index contributed by atoms with van der Waals surface area (Å²) in [6, 6.07) is 11.0. The minimum atomic E-state index is -0.0342. The van der Waals surface area contributed by atoms with Gasteiger partial charge in [0.1, 0.15) is 10.0 Å². The summed E-state index contributed by atoms with van der Waals surface area (Å²) in [5.74, 6) is -0.0342. The van der Waals surface area contributed by atoms with E-state index in [1.807, 2.05) is 31.2 Å². The van der Waals surface area contributed by atoms with E-state index in [1.165, 1.54) is 11.3 Å². The van der Waals surface area contributed by atoms with Crippen LogP contribution in [0.5, 0.6) is 0 Å². The lowest BCUT2D eigenvalue weighted by molar-refractivity contribution is -0.117. The maximum Gasteiger partial charge on any atom is 0.232 e. The molecule has 0 aliphatic rings. The van der Waals surface area contributed by atoms with Crippen LogP contribution in [0.4, 0.5) is 5.00 Å². The molecule has 0 saturated heterocycles. The minimum absolute atomic E-state index is 0.0342. The van der Waals surface area contributed by atoms with E-state index in [4.69, 9.17) is 23.2 Å². The zero-order valence-corrected chi connectivity index (χ0v) is 15.8. The average Bonchev–Trinajstić information content (AvgIpc) is 3.00. The summed E-state index contributed by atoms with van der Waals surface area (Å²) in [6.45, 7) is 2.43. The number of halogens is 2. The molecule has 1 amide bonds. The molecule has 25 heavy (non-hydrogen) atoms. The van der Waals surface area contributed by atoms with Crippen molar-refractivity contribution < 1.29 is 4.79 Å². The van der Waals surface area contributed by atoms with Gasteiger partial charge in [-0.15, -0.1) is 0 Å². The highest BCUT2D eigenvalue weighted by molar-refractivity contribution is 7.19. The minimum Gasteiger partial charge on any atom is -0.301 e. The van der Waals surface area contributed by atoms with Crippen LogP contribution in [0, 0.1) is 0 Å². The number of thiazole rings is 1. The van der Waals surface area contributed by atoms with Crippen LogP contribution in [0.25, 0.3) is 10.6 Å². The standard InChI is InChI=1S/C18H15Cl2N3OS/c1-2-23(15(24)10-12-5-7-14(19)8-6-12)18-16(20)22-17(25-18)13-4-3-9-21-11-13/h3-9,11H,2,10H2,1H3. The number of carbonyl (C=O) groups is 1. The van der Waals surface area contributed by atoms with Crippen LogP contribution < -0.4 is 4.90 Å². The van der Waals surface area contributed by atoms with Crippen LogP contribution >= 0.6 is 34.5 Å². The van der Waals surface area contributed by atoms with Gasteiger partial charge in [-0.1, -0.05) is 46.7 Å². The Hall–Kier alpha value is -1.95. The van der Waals surface area contributed by atoms with Gasteiger partial charge in [0.15, 0.2) is 5.15 Å². The lowest BCUT2D eigenvalue weighted by Gasteiger charge is -2.19. The molecule has 0 unspecified atom stereocenters. The van der Waals surface area contributed by atoms with Crippen molar-refractivity contribution in [3.8, 4) is 10.6 Å². The topological polar surface area (TPSA) is 46.1 Å². The van der Waals surface area contributed by atoms with Gasteiger partial charge in [0.25, 0.3) is 0 Å². The van der Waals surface area contributed by atoms with Gasteiger partial charge in [0.05, 0.1) is 6.42 Å². The van der Waals surface area contributed by atoms with Gasteiger partial charge in [0.2, 0.25) is 5.91 Å². The van der Waals surface area contributed by atoms with Crippen LogP contribution in [0.2, 0.25) is 10.2 Å². The van der Waals surface area contributed by atoms with Gasteiger partial charge in [-0.3, -0.25) is 9.78 Å². The maximum atomic E-state index is 12.7. The van der Waals surface area contributed by atoms with Crippen molar-refractivity contribution in [2.75, 3.05) is 11.4 Å². The summed E-state index contributed by atoms with van der Waals surface area (Å²) in [6.07, 6.45) is 3.71. The van der Waals surface area contributed by atoms with Crippen LogP contribution in [0.3, 0.4) is 0 Å². The first-order valence-corrected chi connectivity index (χ1v) is 9.27. The Morgan fingerprint density at radius 1 is 1.20 bits per heavy atom. The molecule has 3 rings (SSSR count). The van der Waals surface area contributed by atoms with Crippen molar-refractivity contribution in [3.63, 3.8) is 0 Å². The monoisotopic (exact) mass is 391 g/mol. The second-order valence-electron chi connectivity index (χ2n) is 5.30. The molecule has 4 nitrogen and oxygen atoms in total. The van der Waals surface area contributed by atoms with Crippen molar-refractivity contribution in [3.05, 3.63) is 64.5 Å². The molecule has 128 valence electrons. The molecule has 1 aromatic carbocycles. The number of pyridine rings is 1. The fraction of sp³-hybridized carbons (Fsp3) is 0.167. The first-order chi connectivity index (χ1) is 12.1. The Balaban J connectivity index is 1.84. The predicted octanol–water partition coefficient (Wildman–Crippen LogP) is 5.11. The van der Waals surface area contributed by atoms with Crippen molar-refractivity contribution in [1.82, 2.24) is 9.97 Å². The molecule has 0 radical (unpaired) electrons. The Morgan fingerprint density at radius 2 is 1.96 bits per heavy atom. The molecule has 0 fully saturated rings. The summed E-state index contributed by atoms with van der Waals surface area (Å²) < 4.78 is 0. The number of likely N-dealkylation sites (N-methyl/N-ethyl adjacent to an activating group) is 1. The van der Waals surface area contributed by atoms with E-state index in [0.717, 1.165) is 16.1 Å². The van der Waals surface area contributed by atoms with Crippen molar-refractivity contribution in [2.24, 2.45) is 0 Å². The third kappa shape index (κ3) is 4.18. The number of benzene rings is 1. The lowest BCUT2D eigenvalue weighted by Crippen LogP contribution is -2.31. The number of nitrogens with zero attached hydrogens (tertiary/aromatic N) is 3. The van der Waals surface area contributed by atoms with E-state index in [0.29, 0.717) is 21.7 Å². The molecule has 0 N–H and O–H groups in total. The third-order valence-corrected chi connectivity index (χ3v) is 5.36. The van der Waals surface area contributed by atoms with Crippen LogP contribution in [-0.2, 0) is 11.2 Å². The molecular weight excluding hydrogens is 377 g/mol. The SMILES string of the molecule is CCN(C(=O)Cc1ccc(Cl)cc1)c1sc(-c2cccnc2)nc1Cl. The smallest absolute Gasteiger partial charge is 0.232 e. The molecule has 3 aromatic rings. The highest BCUT2D eigenvalue weighted by atomic mass is 35.5. The number of amides is 1. The molecule has 7 heteroatoms. The van der Waals surface area contributed by atoms with Crippen molar-refractivity contribution in [1.29, 1.82) is 0 Å². The predicted molar refractivity (Wildman–Crippen MR) is 104 cm³/mol. The van der Waals surface area contributed by atoms with E-state index in [1.54, 1.807) is 29.4 Å². The van der Waals surface area contributed by atoms with Gasteiger partial charge >= 0.3 is 0 Å². The zero-order valence-electron chi connectivity index (χ0n) is 13.4. The molecule has 0 spiro atoms. The fourth-order valence-corrected chi connectivity index (χ4v) is 3.89. The molecule has 2 heterocycles. The normalized spacial score (nSPS) is 10.7. The highest BCUT2D eigenvalue weighted by Crippen LogP contribution is 2.37. The van der Waals surface area contributed by atoms with Gasteiger partial charge in [-0.25, -0.2) is 4.98 Å². The third-order valence-electron chi connectivity index (χ3n) is 3.61. The Bertz CT molecular complexity index is 866. The summed E-state index contributed by atoms with van der Waals surface area (Å²) in [4.78, 5) is 22.9. The first-order valence-electron chi connectivity index (χ1n) is 7.70. The van der Waals surface area contributed by atoms with E-state index in [2.05, 4.69) is 9.97 Å². The molecule has 2 aromatic heterocycles. The molecule has 0 bridgehead atoms. The van der Waals surface area contributed by atoms with E-state index in [-0.39, 0.29) is 12.3 Å². The summed E-state index contributed by atoms with van der Waals surface area (Å²) >= 11 is 13.6. The zero-order chi connectivity index (χ0) is 17.8. The van der Waals surface area contributed by atoms with Crippen LogP contribution in [0.1, 0.15) is 12.5 Å². The average molecular weight is 392 g/mol. The van der Waals surface area contributed by atoms with Gasteiger partial charge < -0.3 is 4.90 Å². The van der Waals surface area contributed by atoms with E-state index in [9.17, 15) is 4.79 Å². The summed E-state index contributed by atoms with van der Waals surface area (Å²) in [5, 5.41) is 2.37. The number of hydrogen-bond acceptors (Lipinski definition) is 4. The number of aromatic nitrogens is 2. The molecule has 0 aliphatic carbocycles. The number of carbonyl (C=O) groups excluding carboxylic acids is 1. The Labute approximate surface area is 160 Å². The van der Waals surface area contributed by atoms with E-state index >= 15 is 0 Å². The lowest BCUT2D eigenvalue weighted by atomic mass is 10.1. The fourth-order valence-electron chi connectivity index (χ4n) is 2.38. The first kappa shape index (κ1) is 17.9. The van der Waals surface area contributed by atoms with Gasteiger partial charge in [0, 0.05) is 29.5 Å². The summed E-state index contributed by atoms with van der Waals surface area (Å²) in [5.41, 5.74) is 1.78. The number of rotatable bonds is 5. The second-order valence-corrected chi connectivity index (χ2v) is 7.07. The summed E-state index contributed by atoms with van der Waals surface area (Å²) in [7, 11) is 0. The number of anilines is 1. The second kappa shape index (κ2) is 7.95. The molecule has 0 saturated carbocycles. The van der Waals surface area contributed by atoms with Crippen LogP contribution in [0.15, 0.2) is 48.8 Å². The number of hydrogen-bond donors (Lipinski definition) is 0. The molecule has 0 atom stereocenters. The van der Waals surface area contributed by atoms with Crippen molar-refractivity contribution in [2.45, 2.75) is 13.3 Å². The molecule has 0 aliphatic heterocycles. The van der Waals surface area contributed by atoms with Gasteiger partial charge in [-0.05, 0) is 36.8 Å². The largest absolute Gasteiger partial charge is 0.301 e. The quantitative estimate of drug-likeness (QED) is 0.606. The Morgan fingerprint density at radius 3 is 2.60 bits per heavy atom. The van der Waals surface area contributed by atoms with Gasteiger partial charge in [-0.2, -0.15) is 0 Å². The highest BCUT2D eigenvalue weighted by Gasteiger charge is 2.21.